The standard InChI is InChI=1S/C17H25FN2O2/c1-5-20(6-2)16(22)17(3,4)15(21)19-12-11-13-7-9-14(18)10-8-13/h7-10H,5-6,11-12H2,1-4H3,(H,19,21). The Morgan fingerprint density at radius 3 is 2.18 bits per heavy atom. The van der Waals surface area contributed by atoms with Gasteiger partial charge in [0.1, 0.15) is 11.2 Å². The Hall–Kier alpha value is -1.91. The van der Waals surface area contributed by atoms with E-state index >= 15 is 0 Å². The smallest absolute Gasteiger partial charge is 0.237 e. The summed E-state index contributed by atoms with van der Waals surface area (Å²) in [6.45, 7) is 8.65. The average Bonchev–Trinajstić information content (AvgIpc) is 2.50. The van der Waals surface area contributed by atoms with Crippen molar-refractivity contribution in [3.63, 3.8) is 0 Å². The number of carbonyl (C=O) groups excluding carboxylic acids is 2. The predicted molar refractivity (Wildman–Crippen MR) is 84.8 cm³/mol. The minimum atomic E-state index is -1.09. The van der Waals surface area contributed by atoms with Gasteiger partial charge in [-0.2, -0.15) is 0 Å². The number of hydrogen-bond acceptors (Lipinski definition) is 2. The summed E-state index contributed by atoms with van der Waals surface area (Å²) in [5.74, 6) is -0.734. The fourth-order valence-corrected chi connectivity index (χ4v) is 2.20. The molecule has 0 fully saturated rings. The Morgan fingerprint density at radius 1 is 1.14 bits per heavy atom. The number of halogens is 1. The highest BCUT2D eigenvalue weighted by molar-refractivity contribution is 6.04. The Labute approximate surface area is 131 Å². The molecule has 122 valence electrons. The van der Waals surface area contributed by atoms with Crippen molar-refractivity contribution in [2.24, 2.45) is 5.41 Å². The average molecular weight is 308 g/mol. The second kappa shape index (κ2) is 7.92. The quantitative estimate of drug-likeness (QED) is 0.786. The zero-order valence-electron chi connectivity index (χ0n) is 13.8. The molecule has 1 N–H and O–H groups in total. The first-order chi connectivity index (χ1) is 10.3. The van der Waals surface area contributed by atoms with Crippen LogP contribution in [0.2, 0.25) is 0 Å². The maximum atomic E-state index is 12.8. The zero-order chi connectivity index (χ0) is 16.8. The number of benzene rings is 1. The first-order valence-electron chi connectivity index (χ1n) is 7.65. The van der Waals surface area contributed by atoms with Gasteiger partial charge in [0.15, 0.2) is 0 Å². The molecule has 0 aliphatic heterocycles. The van der Waals surface area contributed by atoms with Gasteiger partial charge in [0.2, 0.25) is 11.8 Å². The van der Waals surface area contributed by atoms with E-state index < -0.39 is 5.41 Å². The Kier molecular flexibility index (Phi) is 6.53. The Bertz CT molecular complexity index is 508. The summed E-state index contributed by atoms with van der Waals surface area (Å²) in [6, 6.07) is 6.16. The van der Waals surface area contributed by atoms with Crippen molar-refractivity contribution in [2.45, 2.75) is 34.1 Å². The van der Waals surface area contributed by atoms with Crippen LogP contribution in [0.3, 0.4) is 0 Å². The van der Waals surface area contributed by atoms with Crippen molar-refractivity contribution in [3.05, 3.63) is 35.6 Å². The molecule has 0 saturated heterocycles. The summed E-state index contributed by atoms with van der Waals surface area (Å²) in [5.41, 5.74) is -0.149. The molecule has 0 bridgehead atoms. The molecule has 1 aromatic rings. The summed E-state index contributed by atoms with van der Waals surface area (Å²) in [5, 5.41) is 2.79. The van der Waals surface area contributed by atoms with E-state index in [4.69, 9.17) is 0 Å². The summed E-state index contributed by atoms with van der Waals surface area (Å²) in [7, 11) is 0. The third kappa shape index (κ3) is 4.55. The lowest BCUT2D eigenvalue weighted by molar-refractivity contribution is -0.148. The molecule has 0 unspecified atom stereocenters. The molecule has 0 aliphatic rings. The van der Waals surface area contributed by atoms with E-state index in [0.717, 1.165) is 5.56 Å². The number of hydrogen-bond donors (Lipinski definition) is 1. The second-order valence-corrected chi connectivity index (χ2v) is 5.73. The van der Waals surface area contributed by atoms with Gasteiger partial charge in [0.05, 0.1) is 0 Å². The van der Waals surface area contributed by atoms with E-state index in [9.17, 15) is 14.0 Å². The number of nitrogens with zero attached hydrogens (tertiary/aromatic N) is 1. The SMILES string of the molecule is CCN(CC)C(=O)C(C)(C)C(=O)NCCc1ccc(F)cc1. The van der Waals surface area contributed by atoms with Gasteiger partial charge in [-0.15, -0.1) is 0 Å². The molecule has 1 aromatic carbocycles. The van der Waals surface area contributed by atoms with Crippen LogP contribution in [-0.2, 0) is 16.0 Å². The van der Waals surface area contributed by atoms with Crippen LogP contribution in [0.15, 0.2) is 24.3 Å². The van der Waals surface area contributed by atoms with Crippen LogP contribution in [0, 0.1) is 11.2 Å². The zero-order valence-corrected chi connectivity index (χ0v) is 13.8. The van der Waals surface area contributed by atoms with Crippen molar-refractivity contribution >= 4 is 11.8 Å². The molecule has 0 aliphatic carbocycles. The van der Waals surface area contributed by atoms with Crippen LogP contribution in [0.5, 0.6) is 0 Å². The molecule has 0 radical (unpaired) electrons. The monoisotopic (exact) mass is 308 g/mol. The van der Waals surface area contributed by atoms with Crippen LogP contribution in [0.25, 0.3) is 0 Å². The lowest BCUT2D eigenvalue weighted by atomic mass is 9.90. The molecule has 22 heavy (non-hydrogen) atoms. The summed E-state index contributed by atoms with van der Waals surface area (Å²) >= 11 is 0. The predicted octanol–water partition coefficient (Wildman–Crippen LogP) is 2.38. The molecule has 5 heteroatoms. The van der Waals surface area contributed by atoms with Crippen LogP contribution in [0.1, 0.15) is 33.3 Å². The summed E-state index contributed by atoms with van der Waals surface area (Å²) < 4.78 is 12.8. The highest BCUT2D eigenvalue weighted by Gasteiger charge is 2.38. The second-order valence-electron chi connectivity index (χ2n) is 5.73. The van der Waals surface area contributed by atoms with Crippen molar-refractivity contribution in [1.29, 1.82) is 0 Å². The van der Waals surface area contributed by atoms with Crippen molar-refractivity contribution in [3.8, 4) is 0 Å². The summed E-state index contributed by atoms with van der Waals surface area (Å²) in [6.07, 6.45) is 0.599. The lowest BCUT2D eigenvalue weighted by Gasteiger charge is -2.29. The first kappa shape index (κ1) is 18.1. The molecule has 0 heterocycles. The van der Waals surface area contributed by atoms with E-state index in [-0.39, 0.29) is 17.6 Å². The molecule has 0 atom stereocenters. The molecule has 4 nitrogen and oxygen atoms in total. The largest absolute Gasteiger partial charge is 0.355 e. The molecule has 0 spiro atoms. The van der Waals surface area contributed by atoms with Crippen LogP contribution >= 0.6 is 0 Å². The fraction of sp³-hybridized carbons (Fsp3) is 0.529. The number of nitrogens with one attached hydrogen (secondary N) is 1. The van der Waals surface area contributed by atoms with E-state index in [1.807, 2.05) is 13.8 Å². The molecule has 0 aromatic heterocycles. The Balaban J connectivity index is 2.56. The van der Waals surface area contributed by atoms with Gasteiger partial charge in [0.25, 0.3) is 0 Å². The topological polar surface area (TPSA) is 49.4 Å². The number of carbonyl (C=O) groups is 2. The van der Waals surface area contributed by atoms with Crippen molar-refractivity contribution in [2.75, 3.05) is 19.6 Å². The highest BCUT2D eigenvalue weighted by atomic mass is 19.1. The van der Waals surface area contributed by atoms with E-state index in [0.29, 0.717) is 26.1 Å². The highest BCUT2D eigenvalue weighted by Crippen LogP contribution is 2.19. The molecule has 2 amide bonds. The third-order valence-corrected chi connectivity index (χ3v) is 3.77. The maximum Gasteiger partial charge on any atom is 0.237 e. The fourth-order valence-electron chi connectivity index (χ4n) is 2.20. The Morgan fingerprint density at radius 2 is 1.68 bits per heavy atom. The van der Waals surface area contributed by atoms with Crippen molar-refractivity contribution < 1.29 is 14.0 Å². The van der Waals surface area contributed by atoms with Gasteiger partial charge < -0.3 is 10.2 Å². The molecular formula is C17H25FN2O2. The summed E-state index contributed by atoms with van der Waals surface area (Å²) in [4.78, 5) is 26.3. The van der Waals surface area contributed by atoms with Gasteiger partial charge in [0, 0.05) is 19.6 Å². The molecule has 1 rings (SSSR count). The van der Waals surface area contributed by atoms with Crippen LogP contribution in [0.4, 0.5) is 4.39 Å². The minimum Gasteiger partial charge on any atom is -0.355 e. The van der Waals surface area contributed by atoms with Crippen molar-refractivity contribution in [1.82, 2.24) is 10.2 Å². The first-order valence-corrected chi connectivity index (χ1v) is 7.65. The number of rotatable bonds is 7. The normalized spacial score (nSPS) is 11.1. The molecule has 0 saturated carbocycles. The minimum absolute atomic E-state index is 0.170. The molecular weight excluding hydrogens is 283 g/mol. The van der Waals surface area contributed by atoms with Gasteiger partial charge >= 0.3 is 0 Å². The van der Waals surface area contributed by atoms with Gasteiger partial charge in [-0.25, -0.2) is 4.39 Å². The van der Waals surface area contributed by atoms with Gasteiger partial charge in [-0.1, -0.05) is 12.1 Å². The van der Waals surface area contributed by atoms with Gasteiger partial charge in [-0.05, 0) is 51.8 Å². The number of amides is 2. The van der Waals surface area contributed by atoms with E-state index in [2.05, 4.69) is 5.32 Å². The van der Waals surface area contributed by atoms with Gasteiger partial charge in [-0.3, -0.25) is 9.59 Å². The van der Waals surface area contributed by atoms with E-state index in [1.54, 1.807) is 30.9 Å². The maximum absolute atomic E-state index is 12.8. The third-order valence-electron chi connectivity index (χ3n) is 3.77. The lowest BCUT2D eigenvalue weighted by Crippen LogP contribution is -2.49. The van der Waals surface area contributed by atoms with Crippen LogP contribution in [-0.4, -0.2) is 36.3 Å². The van der Waals surface area contributed by atoms with E-state index in [1.165, 1.54) is 12.1 Å². The van der Waals surface area contributed by atoms with Crippen LogP contribution < -0.4 is 5.32 Å².